The number of aromatic nitrogens is 2. The smallest absolute Gasteiger partial charge is 0.379 e. The standard InChI is InChI=1S/C23H17ClF3N3/c24-20-8-4-5-9-21(20)30-19(14-22(29-30)23(25,26)27)15-28-18-12-10-17(11-13-18)16-6-2-1-3-7-16/h1-14,28H,15H2. The van der Waals surface area contributed by atoms with Gasteiger partial charge in [0, 0.05) is 5.69 Å². The highest BCUT2D eigenvalue weighted by molar-refractivity contribution is 6.32. The second kappa shape index (κ2) is 8.24. The van der Waals surface area contributed by atoms with E-state index in [2.05, 4.69) is 10.4 Å². The third kappa shape index (κ3) is 4.33. The van der Waals surface area contributed by atoms with Gasteiger partial charge in [0.25, 0.3) is 0 Å². The third-order valence-electron chi connectivity index (χ3n) is 4.62. The van der Waals surface area contributed by atoms with Gasteiger partial charge in [-0.2, -0.15) is 18.3 Å². The van der Waals surface area contributed by atoms with Gasteiger partial charge in [0.2, 0.25) is 0 Å². The maximum atomic E-state index is 13.2. The van der Waals surface area contributed by atoms with Gasteiger partial charge in [-0.3, -0.25) is 0 Å². The number of halogens is 4. The largest absolute Gasteiger partial charge is 0.435 e. The number of rotatable bonds is 5. The van der Waals surface area contributed by atoms with E-state index >= 15 is 0 Å². The lowest BCUT2D eigenvalue weighted by molar-refractivity contribution is -0.141. The molecule has 1 heterocycles. The van der Waals surface area contributed by atoms with E-state index in [-0.39, 0.29) is 6.54 Å². The number of anilines is 1. The summed E-state index contributed by atoms with van der Waals surface area (Å²) in [6, 6.07) is 25.3. The first-order chi connectivity index (χ1) is 14.4. The molecule has 152 valence electrons. The Hall–Kier alpha value is -3.25. The number of hydrogen-bond donors (Lipinski definition) is 1. The van der Waals surface area contributed by atoms with Crippen molar-refractivity contribution in [2.45, 2.75) is 12.7 Å². The molecule has 4 rings (SSSR count). The van der Waals surface area contributed by atoms with Crippen LogP contribution in [0.5, 0.6) is 0 Å². The number of hydrogen-bond acceptors (Lipinski definition) is 2. The summed E-state index contributed by atoms with van der Waals surface area (Å²) in [5.74, 6) is 0. The molecule has 0 atom stereocenters. The summed E-state index contributed by atoms with van der Waals surface area (Å²) in [6.07, 6.45) is -4.54. The molecule has 0 aliphatic heterocycles. The number of nitrogens with one attached hydrogen (secondary N) is 1. The Morgan fingerprint density at radius 1 is 0.833 bits per heavy atom. The Morgan fingerprint density at radius 2 is 1.47 bits per heavy atom. The monoisotopic (exact) mass is 427 g/mol. The van der Waals surface area contributed by atoms with Crippen LogP contribution in [0, 0.1) is 0 Å². The summed E-state index contributed by atoms with van der Waals surface area (Å²) in [5.41, 5.74) is 2.72. The molecule has 0 saturated carbocycles. The van der Waals surface area contributed by atoms with Crippen LogP contribution in [0.2, 0.25) is 5.02 Å². The lowest BCUT2D eigenvalue weighted by Crippen LogP contribution is -2.09. The van der Waals surface area contributed by atoms with E-state index in [1.807, 2.05) is 54.6 Å². The van der Waals surface area contributed by atoms with Gasteiger partial charge < -0.3 is 5.32 Å². The predicted molar refractivity (Wildman–Crippen MR) is 113 cm³/mol. The SMILES string of the molecule is FC(F)(F)c1cc(CNc2ccc(-c3ccccc3)cc2)n(-c2ccccc2Cl)n1. The van der Waals surface area contributed by atoms with E-state index in [1.54, 1.807) is 24.3 Å². The summed E-state index contributed by atoms with van der Waals surface area (Å²) in [7, 11) is 0. The molecule has 0 fully saturated rings. The van der Waals surface area contributed by atoms with Crippen LogP contribution in [-0.4, -0.2) is 9.78 Å². The summed E-state index contributed by atoms with van der Waals surface area (Å²) in [4.78, 5) is 0. The van der Waals surface area contributed by atoms with Crippen molar-refractivity contribution in [3.05, 3.63) is 101 Å². The fourth-order valence-electron chi connectivity index (χ4n) is 3.12. The van der Waals surface area contributed by atoms with Crippen LogP contribution in [0.1, 0.15) is 11.4 Å². The lowest BCUT2D eigenvalue weighted by Gasteiger charge is -2.11. The molecular formula is C23H17ClF3N3. The van der Waals surface area contributed by atoms with E-state index in [9.17, 15) is 13.2 Å². The van der Waals surface area contributed by atoms with Gasteiger partial charge in [-0.15, -0.1) is 0 Å². The molecule has 0 radical (unpaired) electrons. The van der Waals surface area contributed by atoms with Crippen LogP contribution >= 0.6 is 11.6 Å². The molecule has 3 nitrogen and oxygen atoms in total. The zero-order valence-corrected chi connectivity index (χ0v) is 16.5. The van der Waals surface area contributed by atoms with Crippen LogP contribution < -0.4 is 5.32 Å². The van der Waals surface area contributed by atoms with Crippen molar-refractivity contribution in [1.82, 2.24) is 9.78 Å². The molecule has 0 bridgehead atoms. The van der Waals surface area contributed by atoms with Gasteiger partial charge in [0.05, 0.1) is 22.9 Å². The second-order valence-electron chi connectivity index (χ2n) is 6.68. The number of nitrogens with zero attached hydrogens (tertiary/aromatic N) is 2. The van der Waals surface area contributed by atoms with E-state index in [4.69, 9.17) is 11.6 Å². The first-order valence-corrected chi connectivity index (χ1v) is 9.60. The van der Waals surface area contributed by atoms with Gasteiger partial charge in [-0.25, -0.2) is 4.68 Å². The predicted octanol–water partition coefficient (Wildman–Crippen LogP) is 6.82. The molecular weight excluding hydrogens is 411 g/mol. The second-order valence-corrected chi connectivity index (χ2v) is 7.09. The first-order valence-electron chi connectivity index (χ1n) is 9.22. The number of alkyl halides is 3. The van der Waals surface area contributed by atoms with Crippen molar-refractivity contribution in [3.63, 3.8) is 0 Å². The Morgan fingerprint density at radius 3 is 2.13 bits per heavy atom. The molecule has 4 aromatic rings. The van der Waals surface area contributed by atoms with E-state index in [1.165, 1.54) is 4.68 Å². The average molecular weight is 428 g/mol. The van der Waals surface area contributed by atoms with Crippen molar-refractivity contribution in [3.8, 4) is 16.8 Å². The molecule has 1 N–H and O–H groups in total. The van der Waals surface area contributed by atoms with Crippen LogP contribution in [0.4, 0.5) is 18.9 Å². The molecule has 0 amide bonds. The quantitative estimate of drug-likeness (QED) is 0.378. The van der Waals surface area contributed by atoms with Crippen molar-refractivity contribution < 1.29 is 13.2 Å². The van der Waals surface area contributed by atoms with Crippen LogP contribution in [-0.2, 0) is 12.7 Å². The molecule has 0 saturated heterocycles. The molecule has 1 aromatic heterocycles. The zero-order valence-electron chi connectivity index (χ0n) is 15.7. The van der Waals surface area contributed by atoms with Crippen molar-refractivity contribution in [2.24, 2.45) is 0 Å². The Labute approximate surface area is 176 Å². The van der Waals surface area contributed by atoms with Gasteiger partial charge in [-0.05, 0) is 41.5 Å². The topological polar surface area (TPSA) is 29.9 Å². The molecule has 30 heavy (non-hydrogen) atoms. The fraction of sp³-hybridized carbons (Fsp3) is 0.0870. The molecule has 3 aromatic carbocycles. The summed E-state index contributed by atoms with van der Waals surface area (Å²) in [5, 5.41) is 7.23. The molecule has 0 unspecified atom stereocenters. The number of benzene rings is 3. The molecule has 0 aliphatic rings. The Kier molecular flexibility index (Phi) is 5.50. The summed E-state index contributed by atoms with van der Waals surface area (Å²) >= 11 is 6.18. The highest BCUT2D eigenvalue weighted by Gasteiger charge is 2.35. The third-order valence-corrected chi connectivity index (χ3v) is 4.94. The minimum Gasteiger partial charge on any atom is -0.379 e. The maximum absolute atomic E-state index is 13.2. The highest BCUT2D eigenvalue weighted by Crippen LogP contribution is 2.31. The minimum absolute atomic E-state index is 0.152. The fourth-order valence-corrected chi connectivity index (χ4v) is 3.34. The van der Waals surface area contributed by atoms with Crippen LogP contribution in [0.3, 0.4) is 0 Å². The van der Waals surface area contributed by atoms with Crippen LogP contribution in [0.15, 0.2) is 84.9 Å². The van der Waals surface area contributed by atoms with Gasteiger partial charge >= 0.3 is 6.18 Å². The first kappa shape index (κ1) is 20.0. The van der Waals surface area contributed by atoms with E-state index < -0.39 is 11.9 Å². The van der Waals surface area contributed by atoms with Crippen molar-refractivity contribution in [2.75, 3.05) is 5.32 Å². The molecule has 7 heteroatoms. The minimum atomic E-state index is -4.54. The lowest BCUT2D eigenvalue weighted by atomic mass is 10.1. The molecule has 0 spiro atoms. The highest BCUT2D eigenvalue weighted by atomic mass is 35.5. The Bertz CT molecular complexity index is 1140. The summed E-state index contributed by atoms with van der Waals surface area (Å²) in [6.45, 7) is 0.152. The van der Waals surface area contributed by atoms with Crippen LogP contribution in [0.25, 0.3) is 16.8 Å². The van der Waals surface area contributed by atoms with E-state index in [0.29, 0.717) is 16.4 Å². The molecule has 0 aliphatic carbocycles. The van der Waals surface area contributed by atoms with E-state index in [0.717, 1.165) is 22.9 Å². The number of para-hydroxylation sites is 1. The van der Waals surface area contributed by atoms with Crippen molar-refractivity contribution >= 4 is 17.3 Å². The summed E-state index contributed by atoms with van der Waals surface area (Å²) < 4.78 is 40.9. The Balaban J connectivity index is 1.58. The van der Waals surface area contributed by atoms with Gasteiger partial charge in [0.1, 0.15) is 0 Å². The maximum Gasteiger partial charge on any atom is 0.435 e. The zero-order chi connectivity index (χ0) is 21.1. The van der Waals surface area contributed by atoms with Gasteiger partial charge in [0.15, 0.2) is 5.69 Å². The van der Waals surface area contributed by atoms with Crippen molar-refractivity contribution in [1.29, 1.82) is 0 Å². The average Bonchev–Trinajstić information content (AvgIpc) is 3.18. The normalized spacial score (nSPS) is 11.5. The van der Waals surface area contributed by atoms with Gasteiger partial charge in [-0.1, -0.05) is 66.2 Å².